The van der Waals surface area contributed by atoms with Crippen LogP contribution in [-0.4, -0.2) is 13.1 Å². The first-order valence-electron chi connectivity index (χ1n) is 5.73. The molecular formula is C12H25N. The van der Waals surface area contributed by atoms with E-state index in [0.29, 0.717) is 5.41 Å². The molecule has 0 bridgehead atoms. The third kappa shape index (κ3) is 3.30. The molecule has 2 unspecified atom stereocenters. The average molecular weight is 183 g/mol. The van der Waals surface area contributed by atoms with Crippen LogP contribution in [0.4, 0.5) is 0 Å². The number of rotatable bonds is 4. The van der Waals surface area contributed by atoms with Gasteiger partial charge in [-0.1, -0.05) is 27.2 Å². The highest BCUT2D eigenvalue weighted by Gasteiger charge is 2.33. The lowest BCUT2D eigenvalue weighted by molar-refractivity contribution is 0.275. The van der Waals surface area contributed by atoms with E-state index in [4.69, 9.17) is 0 Å². The van der Waals surface area contributed by atoms with Gasteiger partial charge in [-0.2, -0.15) is 0 Å². The van der Waals surface area contributed by atoms with Crippen LogP contribution in [0.3, 0.4) is 0 Å². The van der Waals surface area contributed by atoms with Crippen molar-refractivity contribution in [3.8, 4) is 0 Å². The van der Waals surface area contributed by atoms with Gasteiger partial charge in [0, 0.05) is 6.04 Å². The zero-order valence-corrected chi connectivity index (χ0v) is 9.69. The second kappa shape index (κ2) is 4.45. The largest absolute Gasteiger partial charge is 0.317 e. The first kappa shape index (κ1) is 11.0. The summed E-state index contributed by atoms with van der Waals surface area (Å²) in [5.74, 6) is 0.866. The molecule has 0 aromatic heterocycles. The van der Waals surface area contributed by atoms with E-state index in [-0.39, 0.29) is 0 Å². The normalized spacial score (nSPS) is 34.4. The summed E-state index contributed by atoms with van der Waals surface area (Å²) in [7, 11) is 2.10. The zero-order valence-electron chi connectivity index (χ0n) is 9.69. The molecule has 0 heterocycles. The second-order valence-electron chi connectivity index (χ2n) is 5.47. The molecule has 0 amide bonds. The minimum Gasteiger partial charge on any atom is -0.317 e. The van der Waals surface area contributed by atoms with Gasteiger partial charge in [-0.05, 0) is 44.1 Å². The molecule has 0 saturated heterocycles. The molecule has 1 nitrogen and oxygen atoms in total. The van der Waals surface area contributed by atoms with E-state index in [2.05, 4.69) is 33.1 Å². The molecular weight excluding hydrogens is 158 g/mol. The molecule has 0 radical (unpaired) electrons. The SMILES string of the molecule is CNC1CCC(C)(CCC(C)C)C1. The molecule has 1 fully saturated rings. The lowest BCUT2D eigenvalue weighted by Gasteiger charge is -2.25. The third-order valence-corrected chi connectivity index (χ3v) is 3.57. The van der Waals surface area contributed by atoms with Gasteiger partial charge in [0.05, 0.1) is 0 Å². The van der Waals surface area contributed by atoms with Gasteiger partial charge in [0.1, 0.15) is 0 Å². The molecule has 1 heteroatoms. The Labute approximate surface area is 83.3 Å². The van der Waals surface area contributed by atoms with E-state index < -0.39 is 0 Å². The summed E-state index contributed by atoms with van der Waals surface area (Å²) in [4.78, 5) is 0. The molecule has 1 aliphatic rings. The highest BCUT2D eigenvalue weighted by atomic mass is 14.9. The topological polar surface area (TPSA) is 12.0 Å². The average Bonchev–Trinajstić information content (AvgIpc) is 2.45. The molecule has 78 valence electrons. The Morgan fingerprint density at radius 1 is 1.46 bits per heavy atom. The van der Waals surface area contributed by atoms with Gasteiger partial charge in [0.15, 0.2) is 0 Å². The van der Waals surface area contributed by atoms with Crippen LogP contribution in [0.15, 0.2) is 0 Å². The standard InChI is InChI=1S/C12H25N/c1-10(2)5-7-12(3)8-6-11(9-12)13-4/h10-11,13H,5-9H2,1-4H3. The van der Waals surface area contributed by atoms with Crippen LogP contribution < -0.4 is 5.32 Å². The molecule has 1 rings (SSSR count). The predicted octanol–water partition coefficient (Wildman–Crippen LogP) is 3.20. The lowest BCUT2D eigenvalue weighted by atomic mass is 9.82. The van der Waals surface area contributed by atoms with Gasteiger partial charge in [0.25, 0.3) is 0 Å². The summed E-state index contributed by atoms with van der Waals surface area (Å²) in [5, 5.41) is 3.41. The van der Waals surface area contributed by atoms with Crippen molar-refractivity contribution in [2.45, 2.75) is 58.9 Å². The van der Waals surface area contributed by atoms with E-state index in [1.165, 1.54) is 32.1 Å². The Bertz CT molecular complexity index is 153. The van der Waals surface area contributed by atoms with Crippen molar-refractivity contribution in [2.75, 3.05) is 7.05 Å². The van der Waals surface area contributed by atoms with Crippen LogP contribution in [0.5, 0.6) is 0 Å². The Morgan fingerprint density at radius 3 is 2.62 bits per heavy atom. The first-order valence-corrected chi connectivity index (χ1v) is 5.73. The summed E-state index contributed by atoms with van der Waals surface area (Å²) in [5.41, 5.74) is 0.637. The molecule has 2 atom stereocenters. The Hall–Kier alpha value is -0.0400. The van der Waals surface area contributed by atoms with Crippen LogP contribution >= 0.6 is 0 Å². The summed E-state index contributed by atoms with van der Waals surface area (Å²) < 4.78 is 0. The van der Waals surface area contributed by atoms with E-state index >= 15 is 0 Å². The molecule has 0 spiro atoms. The number of hydrogen-bond acceptors (Lipinski definition) is 1. The van der Waals surface area contributed by atoms with Crippen molar-refractivity contribution < 1.29 is 0 Å². The van der Waals surface area contributed by atoms with Crippen LogP contribution in [0.25, 0.3) is 0 Å². The van der Waals surface area contributed by atoms with Gasteiger partial charge >= 0.3 is 0 Å². The van der Waals surface area contributed by atoms with Crippen molar-refractivity contribution in [3.63, 3.8) is 0 Å². The van der Waals surface area contributed by atoms with E-state index in [1.54, 1.807) is 0 Å². The van der Waals surface area contributed by atoms with Crippen LogP contribution in [0.1, 0.15) is 52.9 Å². The molecule has 0 aromatic rings. The Balaban J connectivity index is 2.31. The van der Waals surface area contributed by atoms with Gasteiger partial charge in [-0.15, -0.1) is 0 Å². The van der Waals surface area contributed by atoms with Crippen LogP contribution in [0.2, 0.25) is 0 Å². The van der Waals surface area contributed by atoms with Crippen molar-refractivity contribution in [1.82, 2.24) is 5.32 Å². The quantitative estimate of drug-likeness (QED) is 0.706. The number of hydrogen-bond donors (Lipinski definition) is 1. The molecule has 0 aromatic carbocycles. The zero-order chi connectivity index (χ0) is 9.90. The molecule has 1 aliphatic carbocycles. The first-order chi connectivity index (χ1) is 6.06. The van der Waals surface area contributed by atoms with E-state index in [1.807, 2.05) is 0 Å². The van der Waals surface area contributed by atoms with Crippen molar-refractivity contribution in [3.05, 3.63) is 0 Å². The summed E-state index contributed by atoms with van der Waals surface area (Å²) >= 11 is 0. The molecule has 13 heavy (non-hydrogen) atoms. The van der Waals surface area contributed by atoms with E-state index in [0.717, 1.165) is 12.0 Å². The van der Waals surface area contributed by atoms with Crippen molar-refractivity contribution >= 4 is 0 Å². The van der Waals surface area contributed by atoms with Crippen LogP contribution in [0, 0.1) is 11.3 Å². The smallest absolute Gasteiger partial charge is 0.00694 e. The van der Waals surface area contributed by atoms with E-state index in [9.17, 15) is 0 Å². The Morgan fingerprint density at radius 2 is 2.15 bits per heavy atom. The highest BCUT2D eigenvalue weighted by Crippen LogP contribution is 2.42. The Kier molecular flexibility index (Phi) is 3.78. The van der Waals surface area contributed by atoms with Crippen molar-refractivity contribution in [1.29, 1.82) is 0 Å². The molecule has 1 N–H and O–H groups in total. The monoisotopic (exact) mass is 183 g/mol. The second-order valence-corrected chi connectivity index (χ2v) is 5.47. The van der Waals surface area contributed by atoms with Gasteiger partial charge in [0.2, 0.25) is 0 Å². The van der Waals surface area contributed by atoms with Crippen molar-refractivity contribution in [2.24, 2.45) is 11.3 Å². The fourth-order valence-electron chi connectivity index (χ4n) is 2.43. The molecule has 1 saturated carbocycles. The maximum Gasteiger partial charge on any atom is 0.00694 e. The fraction of sp³-hybridized carbons (Fsp3) is 1.00. The third-order valence-electron chi connectivity index (χ3n) is 3.57. The highest BCUT2D eigenvalue weighted by molar-refractivity contribution is 4.88. The van der Waals surface area contributed by atoms with Gasteiger partial charge in [-0.25, -0.2) is 0 Å². The summed E-state index contributed by atoms with van der Waals surface area (Å²) in [6.45, 7) is 7.12. The van der Waals surface area contributed by atoms with Gasteiger partial charge < -0.3 is 5.32 Å². The van der Waals surface area contributed by atoms with Crippen LogP contribution in [-0.2, 0) is 0 Å². The lowest BCUT2D eigenvalue weighted by Crippen LogP contribution is -2.23. The predicted molar refractivity (Wildman–Crippen MR) is 58.9 cm³/mol. The maximum absolute atomic E-state index is 3.41. The molecule has 0 aliphatic heterocycles. The maximum atomic E-state index is 3.41. The summed E-state index contributed by atoms with van der Waals surface area (Å²) in [6.07, 6.45) is 7.00. The minimum absolute atomic E-state index is 0.637. The summed E-state index contributed by atoms with van der Waals surface area (Å²) in [6, 6.07) is 0.789. The van der Waals surface area contributed by atoms with Gasteiger partial charge in [-0.3, -0.25) is 0 Å². The fourth-order valence-corrected chi connectivity index (χ4v) is 2.43. The number of nitrogens with one attached hydrogen (secondary N) is 1. The minimum atomic E-state index is 0.637.